The summed E-state index contributed by atoms with van der Waals surface area (Å²) >= 11 is 0. The summed E-state index contributed by atoms with van der Waals surface area (Å²) in [5, 5.41) is 5.40. The van der Waals surface area contributed by atoms with Crippen molar-refractivity contribution < 1.29 is 40.3 Å². The summed E-state index contributed by atoms with van der Waals surface area (Å²) in [6.45, 7) is 0. The highest BCUT2D eigenvalue weighted by atomic mass is 19.4. The Kier molecular flexibility index (Phi) is 8.08. The van der Waals surface area contributed by atoms with Crippen molar-refractivity contribution in [1.29, 1.82) is 0 Å². The van der Waals surface area contributed by atoms with Crippen LogP contribution in [0.25, 0.3) is 0 Å². The quantitative estimate of drug-likeness (QED) is 0.298. The molecule has 0 bridgehead atoms. The molecular weight excluding hydrogens is 529 g/mol. The molecule has 3 aromatic carbocycles. The summed E-state index contributed by atoms with van der Waals surface area (Å²) in [5.74, 6) is -2.02. The normalized spacial score (nSPS) is 16.0. The first-order chi connectivity index (χ1) is 18.4. The van der Waals surface area contributed by atoms with Crippen LogP contribution in [0.1, 0.15) is 47.9 Å². The molecule has 1 aliphatic carbocycles. The largest absolute Gasteiger partial charge is 0.573 e. The molecule has 0 saturated heterocycles. The van der Waals surface area contributed by atoms with E-state index in [1.54, 1.807) is 30.3 Å². The van der Waals surface area contributed by atoms with Crippen molar-refractivity contribution in [1.82, 2.24) is 10.6 Å². The minimum absolute atomic E-state index is 0.223. The molecule has 1 unspecified atom stereocenters. The third kappa shape index (κ3) is 7.01. The second-order valence-electron chi connectivity index (χ2n) is 9.42. The Morgan fingerprint density at radius 3 is 2.10 bits per heavy atom. The summed E-state index contributed by atoms with van der Waals surface area (Å²) in [5.41, 5.74) is -3.71. The Morgan fingerprint density at radius 2 is 1.46 bits per heavy atom. The molecular formula is C28H25F7N2O2. The number of benzene rings is 3. The maximum atomic E-state index is 14.7. The Bertz CT molecular complexity index is 1290. The summed E-state index contributed by atoms with van der Waals surface area (Å²) < 4.78 is 101. The maximum Gasteiger partial charge on any atom is 0.573 e. The second-order valence-corrected chi connectivity index (χ2v) is 9.42. The van der Waals surface area contributed by atoms with Crippen LogP contribution in [0.4, 0.5) is 35.5 Å². The fraction of sp³-hybridized carbons (Fsp3) is 0.321. The molecule has 11 heteroatoms. The van der Waals surface area contributed by atoms with Crippen LogP contribution in [0.2, 0.25) is 0 Å². The SMILES string of the molecule is O=C(NC1CCCC1)NC(Cc1ccccc1)(c1cc(F)cc(C(F)(F)F)c1)c1ccccc1OC(F)(F)F. The van der Waals surface area contributed by atoms with E-state index in [1.807, 2.05) is 0 Å². The van der Waals surface area contributed by atoms with Gasteiger partial charge in [-0.05, 0) is 48.2 Å². The van der Waals surface area contributed by atoms with Crippen LogP contribution in [0.3, 0.4) is 0 Å². The van der Waals surface area contributed by atoms with Gasteiger partial charge in [-0.25, -0.2) is 9.18 Å². The van der Waals surface area contributed by atoms with E-state index in [1.165, 1.54) is 18.2 Å². The van der Waals surface area contributed by atoms with Crippen molar-refractivity contribution in [3.63, 3.8) is 0 Å². The van der Waals surface area contributed by atoms with Gasteiger partial charge in [-0.2, -0.15) is 13.2 Å². The Balaban J connectivity index is 1.97. The zero-order valence-corrected chi connectivity index (χ0v) is 20.5. The van der Waals surface area contributed by atoms with Crippen LogP contribution in [0, 0.1) is 5.82 Å². The smallest absolute Gasteiger partial charge is 0.405 e. The number of halogens is 7. The van der Waals surface area contributed by atoms with Gasteiger partial charge in [0.25, 0.3) is 0 Å². The zero-order chi connectivity index (χ0) is 28.3. The average molecular weight is 555 g/mol. The summed E-state index contributed by atoms with van der Waals surface area (Å²) in [4.78, 5) is 13.3. The number of rotatable bonds is 7. The van der Waals surface area contributed by atoms with E-state index in [2.05, 4.69) is 15.4 Å². The number of urea groups is 1. The fourth-order valence-corrected chi connectivity index (χ4v) is 4.96. The molecule has 0 spiro atoms. The first-order valence-electron chi connectivity index (χ1n) is 12.2. The lowest BCUT2D eigenvalue weighted by molar-refractivity contribution is -0.275. The van der Waals surface area contributed by atoms with E-state index in [0.717, 1.165) is 25.0 Å². The molecule has 0 aliphatic heterocycles. The lowest BCUT2D eigenvalue weighted by Crippen LogP contribution is -2.54. The van der Waals surface area contributed by atoms with E-state index >= 15 is 0 Å². The summed E-state index contributed by atoms with van der Waals surface area (Å²) in [7, 11) is 0. The third-order valence-electron chi connectivity index (χ3n) is 6.62. The first-order valence-corrected chi connectivity index (χ1v) is 12.2. The lowest BCUT2D eigenvalue weighted by atomic mass is 9.77. The van der Waals surface area contributed by atoms with Crippen molar-refractivity contribution in [2.24, 2.45) is 0 Å². The van der Waals surface area contributed by atoms with Crippen molar-refractivity contribution in [2.45, 2.75) is 56.2 Å². The van der Waals surface area contributed by atoms with E-state index in [4.69, 9.17) is 0 Å². The van der Waals surface area contributed by atoms with Gasteiger partial charge in [0.15, 0.2) is 0 Å². The van der Waals surface area contributed by atoms with Gasteiger partial charge >= 0.3 is 18.6 Å². The second kappa shape index (κ2) is 11.2. The van der Waals surface area contributed by atoms with E-state index < -0.39 is 46.8 Å². The molecule has 1 fully saturated rings. The minimum Gasteiger partial charge on any atom is -0.405 e. The molecule has 208 valence electrons. The van der Waals surface area contributed by atoms with Gasteiger partial charge in [-0.15, -0.1) is 13.2 Å². The van der Waals surface area contributed by atoms with E-state index in [-0.39, 0.29) is 24.1 Å². The lowest BCUT2D eigenvalue weighted by Gasteiger charge is -2.38. The Hall–Kier alpha value is -3.76. The van der Waals surface area contributed by atoms with Crippen LogP contribution in [-0.4, -0.2) is 18.4 Å². The van der Waals surface area contributed by atoms with E-state index in [0.29, 0.717) is 24.5 Å². The van der Waals surface area contributed by atoms with Gasteiger partial charge in [-0.1, -0.05) is 61.4 Å². The Labute approximate surface area is 220 Å². The molecule has 3 aromatic rings. The van der Waals surface area contributed by atoms with Gasteiger partial charge in [-0.3, -0.25) is 0 Å². The van der Waals surface area contributed by atoms with Gasteiger partial charge in [0.1, 0.15) is 11.6 Å². The molecule has 39 heavy (non-hydrogen) atoms. The van der Waals surface area contributed by atoms with Crippen molar-refractivity contribution in [2.75, 3.05) is 0 Å². The van der Waals surface area contributed by atoms with Gasteiger partial charge < -0.3 is 15.4 Å². The van der Waals surface area contributed by atoms with Gasteiger partial charge in [0.05, 0.1) is 11.1 Å². The molecule has 2 amide bonds. The van der Waals surface area contributed by atoms with E-state index in [9.17, 15) is 35.5 Å². The van der Waals surface area contributed by atoms with Gasteiger partial charge in [0, 0.05) is 18.0 Å². The molecule has 0 radical (unpaired) electrons. The number of hydrogen-bond donors (Lipinski definition) is 2. The zero-order valence-electron chi connectivity index (χ0n) is 20.5. The molecule has 4 rings (SSSR count). The van der Waals surface area contributed by atoms with Crippen LogP contribution in [0.15, 0.2) is 72.8 Å². The number of carbonyl (C=O) groups is 1. The highest BCUT2D eigenvalue weighted by molar-refractivity contribution is 5.77. The standard InChI is InChI=1S/C28H25F7N2O2/c29-21-15-19(14-20(16-21)27(30,31)32)26(17-18-8-2-1-3-9-18,37-25(38)36-22-10-4-5-11-22)23-12-6-7-13-24(23)39-28(33,34)35/h1-3,6-9,12-16,22H,4-5,10-11,17H2,(H2,36,37,38). The third-order valence-corrected chi connectivity index (χ3v) is 6.62. The number of para-hydroxylation sites is 1. The minimum atomic E-state index is -5.15. The van der Waals surface area contributed by atoms with Crippen LogP contribution < -0.4 is 15.4 Å². The predicted octanol–water partition coefficient (Wildman–Crippen LogP) is 7.47. The van der Waals surface area contributed by atoms with Crippen molar-refractivity contribution in [3.8, 4) is 5.75 Å². The number of nitrogens with one attached hydrogen (secondary N) is 2. The summed E-state index contributed by atoms with van der Waals surface area (Å²) in [6, 6.07) is 13.6. The molecule has 4 nitrogen and oxygen atoms in total. The van der Waals surface area contributed by atoms with Crippen LogP contribution >= 0.6 is 0 Å². The topological polar surface area (TPSA) is 50.4 Å². The fourth-order valence-electron chi connectivity index (χ4n) is 4.96. The molecule has 1 atom stereocenters. The van der Waals surface area contributed by atoms with Gasteiger partial charge in [0.2, 0.25) is 0 Å². The summed E-state index contributed by atoms with van der Waals surface area (Å²) in [6.07, 6.45) is -7.37. The maximum absolute atomic E-state index is 14.7. The number of hydrogen-bond acceptors (Lipinski definition) is 2. The molecule has 0 aromatic heterocycles. The number of carbonyl (C=O) groups excluding carboxylic acids is 1. The number of ether oxygens (including phenoxy) is 1. The number of amides is 2. The van der Waals surface area contributed by atoms with Crippen LogP contribution in [0.5, 0.6) is 5.75 Å². The van der Waals surface area contributed by atoms with Crippen molar-refractivity contribution in [3.05, 3.63) is 101 Å². The molecule has 1 saturated carbocycles. The predicted molar refractivity (Wildman–Crippen MR) is 129 cm³/mol. The highest BCUT2D eigenvalue weighted by Gasteiger charge is 2.43. The van der Waals surface area contributed by atoms with Crippen LogP contribution in [-0.2, 0) is 18.1 Å². The average Bonchev–Trinajstić information content (AvgIpc) is 3.35. The molecule has 1 aliphatic rings. The monoisotopic (exact) mass is 554 g/mol. The number of alkyl halides is 6. The Morgan fingerprint density at radius 1 is 0.846 bits per heavy atom. The highest BCUT2D eigenvalue weighted by Crippen LogP contribution is 2.42. The first kappa shape index (κ1) is 28.3. The molecule has 2 N–H and O–H groups in total. The molecule has 0 heterocycles. The van der Waals surface area contributed by atoms with Crippen molar-refractivity contribution >= 4 is 6.03 Å².